The number of nitrogens with zero attached hydrogens (tertiary/aromatic N) is 2. The quantitative estimate of drug-likeness (QED) is 0.498. The second kappa shape index (κ2) is 4.45. The van der Waals surface area contributed by atoms with Crippen LogP contribution in [0.5, 0.6) is 0 Å². The summed E-state index contributed by atoms with van der Waals surface area (Å²) in [6, 6.07) is 1.69. The molecule has 0 bridgehead atoms. The molecule has 0 aromatic rings. The van der Waals surface area contributed by atoms with E-state index >= 15 is 0 Å². The van der Waals surface area contributed by atoms with E-state index < -0.39 is 0 Å². The van der Waals surface area contributed by atoms with Crippen molar-refractivity contribution in [2.24, 2.45) is 0 Å². The molecule has 5 heteroatoms. The Balaban J connectivity index is 2.24. The predicted molar refractivity (Wildman–Crippen MR) is 44.6 cm³/mol. The van der Waals surface area contributed by atoms with Crippen molar-refractivity contribution in [3.63, 3.8) is 0 Å². The lowest BCUT2D eigenvalue weighted by Gasteiger charge is -2.10. The summed E-state index contributed by atoms with van der Waals surface area (Å²) in [6.45, 7) is 0.531. The van der Waals surface area contributed by atoms with Crippen molar-refractivity contribution in [1.29, 1.82) is 5.26 Å². The van der Waals surface area contributed by atoms with Gasteiger partial charge in [0.05, 0.1) is 12.6 Å². The molecule has 0 radical (unpaired) electrons. The summed E-state index contributed by atoms with van der Waals surface area (Å²) in [6.07, 6.45) is 1.91. The standard InChI is InChI=1S/C8H11N3O2/c9-4-2-1-3-5-11-7(12)6-10-8(11)13/h1-3,5-6H2,(H,10,13). The number of rotatable bonds is 4. The van der Waals surface area contributed by atoms with Crippen LogP contribution in [0.1, 0.15) is 19.3 Å². The first-order valence-corrected chi connectivity index (χ1v) is 4.21. The highest BCUT2D eigenvalue weighted by molar-refractivity contribution is 6.01. The molecule has 1 heterocycles. The lowest BCUT2D eigenvalue weighted by molar-refractivity contribution is -0.125. The highest BCUT2D eigenvalue weighted by atomic mass is 16.2. The van der Waals surface area contributed by atoms with Crippen LogP contribution in [0.2, 0.25) is 0 Å². The van der Waals surface area contributed by atoms with Crippen molar-refractivity contribution in [1.82, 2.24) is 10.2 Å². The molecular formula is C8H11N3O2. The monoisotopic (exact) mass is 181 g/mol. The fourth-order valence-electron chi connectivity index (χ4n) is 1.16. The van der Waals surface area contributed by atoms with Gasteiger partial charge in [-0.2, -0.15) is 5.26 Å². The summed E-state index contributed by atoms with van der Waals surface area (Å²) in [5.74, 6) is -0.179. The highest BCUT2D eigenvalue weighted by Crippen LogP contribution is 2.02. The van der Waals surface area contributed by atoms with Gasteiger partial charge in [-0.25, -0.2) is 4.79 Å². The molecule has 13 heavy (non-hydrogen) atoms. The number of carbonyl (C=O) groups excluding carboxylic acids is 2. The van der Waals surface area contributed by atoms with Crippen molar-refractivity contribution in [3.8, 4) is 6.07 Å². The second-order valence-corrected chi connectivity index (χ2v) is 2.82. The number of hydrogen-bond donors (Lipinski definition) is 1. The summed E-state index contributed by atoms with van der Waals surface area (Å²) in [5.41, 5.74) is 0. The number of imide groups is 1. The molecule has 0 aromatic carbocycles. The first-order valence-electron chi connectivity index (χ1n) is 4.21. The first kappa shape index (κ1) is 9.52. The zero-order valence-electron chi connectivity index (χ0n) is 7.25. The number of carbonyl (C=O) groups is 2. The van der Waals surface area contributed by atoms with Gasteiger partial charge in [0, 0.05) is 13.0 Å². The molecular weight excluding hydrogens is 170 g/mol. The maximum Gasteiger partial charge on any atom is 0.324 e. The van der Waals surface area contributed by atoms with E-state index in [4.69, 9.17) is 5.26 Å². The van der Waals surface area contributed by atoms with Gasteiger partial charge >= 0.3 is 6.03 Å². The van der Waals surface area contributed by atoms with Gasteiger partial charge in [-0.1, -0.05) is 0 Å². The van der Waals surface area contributed by atoms with Crippen LogP contribution >= 0.6 is 0 Å². The summed E-state index contributed by atoms with van der Waals surface area (Å²) < 4.78 is 0. The van der Waals surface area contributed by atoms with Gasteiger partial charge in [0.2, 0.25) is 5.91 Å². The Morgan fingerprint density at radius 1 is 1.46 bits per heavy atom. The minimum absolute atomic E-state index is 0.108. The van der Waals surface area contributed by atoms with Crippen molar-refractivity contribution >= 4 is 11.9 Å². The largest absolute Gasteiger partial charge is 0.329 e. The van der Waals surface area contributed by atoms with Gasteiger partial charge in [0.1, 0.15) is 0 Å². The average molecular weight is 181 g/mol. The molecule has 0 spiro atoms. The fourth-order valence-corrected chi connectivity index (χ4v) is 1.16. The summed E-state index contributed by atoms with van der Waals surface area (Å²) in [7, 11) is 0. The van der Waals surface area contributed by atoms with E-state index in [-0.39, 0.29) is 18.5 Å². The van der Waals surface area contributed by atoms with Gasteiger partial charge in [0.25, 0.3) is 0 Å². The van der Waals surface area contributed by atoms with Crippen LogP contribution in [0.4, 0.5) is 4.79 Å². The number of nitriles is 1. The predicted octanol–water partition coefficient (Wildman–Crippen LogP) is 0.232. The second-order valence-electron chi connectivity index (χ2n) is 2.82. The van der Waals surface area contributed by atoms with Crippen molar-refractivity contribution in [2.75, 3.05) is 13.1 Å². The number of amides is 3. The fraction of sp³-hybridized carbons (Fsp3) is 0.625. The van der Waals surface area contributed by atoms with Crippen molar-refractivity contribution < 1.29 is 9.59 Å². The van der Waals surface area contributed by atoms with Gasteiger partial charge in [-0.15, -0.1) is 0 Å². The van der Waals surface area contributed by atoms with Crippen molar-refractivity contribution in [2.45, 2.75) is 19.3 Å². The molecule has 5 nitrogen and oxygen atoms in total. The maximum atomic E-state index is 11.0. The van der Waals surface area contributed by atoms with Gasteiger partial charge in [0.15, 0.2) is 0 Å². The van der Waals surface area contributed by atoms with Crippen LogP contribution in [0.15, 0.2) is 0 Å². The molecule has 1 saturated heterocycles. The molecule has 0 aliphatic carbocycles. The van der Waals surface area contributed by atoms with E-state index in [9.17, 15) is 9.59 Å². The lowest BCUT2D eigenvalue weighted by Crippen LogP contribution is -2.31. The molecule has 0 unspecified atom stereocenters. The Morgan fingerprint density at radius 3 is 2.77 bits per heavy atom. The number of nitrogens with one attached hydrogen (secondary N) is 1. The third-order valence-corrected chi connectivity index (χ3v) is 1.86. The topological polar surface area (TPSA) is 73.2 Å². The van der Waals surface area contributed by atoms with E-state index in [0.29, 0.717) is 19.4 Å². The van der Waals surface area contributed by atoms with E-state index in [1.807, 2.05) is 6.07 Å². The molecule has 1 N–H and O–H groups in total. The van der Waals surface area contributed by atoms with Crippen LogP contribution in [-0.4, -0.2) is 29.9 Å². The van der Waals surface area contributed by atoms with Crippen LogP contribution in [0, 0.1) is 11.3 Å². The Kier molecular flexibility index (Phi) is 3.26. The average Bonchev–Trinajstić information content (AvgIpc) is 2.42. The van der Waals surface area contributed by atoms with E-state index in [0.717, 1.165) is 6.42 Å². The third kappa shape index (κ3) is 2.44. The Hall–Kier alpha value is -1.57. The zero-order valence-corrected chi connectivity index (χ0v) is 7.25. The van der Waals surface area contributed by atoms with Crippen LogP contribution in [0.25, 0.3) is 0 Å². The van der Waals surface area contributed by atoms with E-state index in [1.165, 1.54) is 4.90 Å². The molecule has 1 rings (SSSR count). The van der Waals surface area contributed by atoms with Crippen LogP contribution in [0.3, 0.4) is 0 Å². The smallest absolute Gasteiger partial charge is 0.324 e. The highest BCUT2D eigenvalue weighted by Gasteiger charge is 2.27. The minimum atomic E-state index is -0.318. The van der Waals surface area contributed by atoms with Crippen LogP contribution in [-0.2, 0) is 4.79 Å². The zero-order chi connectivity index (χ0) is 9.68. The van der Waals surface area contributed by atoms with Gasteiger partial charge < -0.3 is 5.32 Å². The lowest BCUT2D eigenvalue weighted by atomic mass is 10.2. The molecule has 70 valence electrons. The Morgan fingerprint density at radius 2 is 2.23 bits per heavy atom. The minimum Gasteiger partial charge on any atom is -0.329 e. The van der Waals surface area contributed by atoms with E-state index in [2.05, 4.69) is 5.32 Å². The summed E-state index contributed by atoms with van der Waals surface area (Å²) in [4.78, 5) is 23.2. The maximum absolute atomic E-state index is 11.0. The SMILES string of the molecule is N#CCCCCN1C(=O)CNC1=O. The first-order chi connectivity index (χ1) is 6.25. The number of unbranched alkanes of at least 4 members (excludes halogenated alkanes) is 2. The molecule has 0 aromatic heterocycles. The van der Waals surface area contributed by atoms with Gasteiger partial charge in [-0.05, 0) is 12.8 Å². The Bertz CT molecular complexity index is 241. The molecule has 1 aliphatic rings. The molecule has 3 amide bonds. The molecule has 0 atom stereocenters. The van der Waals surface area contributed by atoms with Crippen molar-refractivity contribution in [3.05, 3.63) is 0 Å². The summed E-state index contributed by atoms with van der Waals surface area (Å²) >= 11 is 0. The third-order valence-electron chi connectivity index (χ3n) is 1.86. The molecule has 1 fully saturated rings. The summed E-state index contributed by atoms with van der Waals surface area (Å²) in [5, 5.41) is 10.7. The number of hydrogen-bond acceptors (Lipinski definition) is 3. The molecule has 0 saturated carbocycles. The number of urea groups is 1. The van der Waals surface area contributed by atoms with E-state index in [1.54, 1.807) is 0 Å². The van der Waals surface area contributed by atoms with Crippen LogP contribution < -0.4 is 5.32 Å². The normalized spacial score (nSPS) is 15.8. The molecule has 1 aliphatic heterocycles. The Labute approximate surface area is 76.3 Å². The van der Waals surface area contributed by atoms with Gasteiger partial charge in [-0.3, -0.25) is 9.69 Å².